The summed E-state index contributed by atoms with van der Waals surface area (Å²) < 4.78 is 0. The molecule has 0 saturated heterocycles. The van der Waals surface area contributed by atoms with Crippen molar-refractivity contribution < 1.29 is 10.2 Å². The highest BCUT2D eigenvalue weighted by molar-refractivity contribution is 6.42. The summed E-state index contributed by atoms with van der Waals surface area (Å²) in [6, 6.07) is 5.09. The summed E-state index contributed by atoms with van der Waals surface area (Å²) >= 11 is 11.6. The molecule has 0 aliphatic rings. The Kier molecular flexibility index (Phi) is 9.45. The Labute approximate surface area is 118 Å². The third-order valence-corrected chi connectivity index (χ3v) is 2.43. The molecule has 18 heavy (non-hydrogen) atoms. The largest absolute Gasteiger partial charge is 0.397 e. The van der Waals surface area contributed by atoms with Crippen molar-refractivity contribution >= 4 is 23.2 Å². The average Bonchev–Trinajstić information content (AvgIpc) is 2.32. The van der Waals surface area contributed by atoms with E-state index in [9.17, 15) is 5.11 Å². The first-order valence-electron chi connectivity index (χ1n) is 5.41. The van der Waals surface area contributed by atoms with Crippen molar-refractivity contribution in [3.63, 3.8) is 0 Å². The van der Waals surface area contributed by atoms with E-state index in [0.29, 0.717) is 16.5 Å². The van der Waals surface area contributed by atoms with Gasteiger partial charge in [-0.25, -0.2) is 0 Å². The molecule has 0 bridgehead atoms. The van der Waals surface area contributed by atoms with Gasteiger partial charge >= 0.3 is 0 Å². The summed E-state index contributed by atoms with van der Waals surface area (Å²) in [6.45, 7) is 5.45. The topological polar surface area (TPSA) is 40.5 Å². The van der Waals surface area contributed by atoms with Crippen LogP contribution in [0.25, 0.3) is 0 Å². The van der Waals surface area contributed by atoms with Crippen LogP contribution in [0, 0.1) is 11.8 Å². The normalized spacial score (nSPS) is 10.5. The minimum absolute atomic E-state index is 0.250. The molecule has 0 aromatic heterocycles. The van der Waals surface area contributed by atoms with Crippen molar-refractivity contribution in [3.8, 4) is 11.8 Å². The van der Waals surface area contributed by atoms with Crippen molar-refractivity contribution in [2.24, 2.45) is 0 Å². The van der Waals surface area contributed by atoms with Crippen LogP contribution < -0.4 is 0 Å². The van der Waals surface area contributed by atoms with E-state index < -0.39 is 6.10 Å². The van der Waals surface area contributed by atoms with E-state index in [1.807, 2.05) is 0 Å². The van der Waals surface area contributed by atoms with Gasteiger partial charge in [-0.3, -0.25) is 0 Å². The Morgan fingerprint density at radius 2 is 2.00 bits per heavy atom. The number of hydrogen-bond donors (Lipinski definition) is 2. The lowest BCUT2D eigenvalue weighted by atomic mass is 10.2. The summed E-state index contributed by atoms with van der Waals surface area (Å²) in [5.41, 5.74) is 0.729. The molecule has 1 unspecified atom stereocenters. The molecule has 0 aliphatic carbocycles. The Morgan fingerprint density at radius 1 is 1.39 bits per heavy atom. The maximum atomic E-state index is 9.33. The molecule has 0 fully saturated rings. The predicted octanol–water partition coefficient (Wildman–Crippen LogP) is 3.28. The van der Waals surface area contributed by atoms with Crippen molar-refractivity contribution in [3.05, 3.63) is 46.5 Å². The van der Waals surface area contributed by atoms with Crippen LogP contribution >= 0.6 is 23.2 Å². The summed E-state index contributed by atoms with van der Waals surface area (Å²) in [5.74, 6) is 5.49. The first-order chi connectivity index (χ1) is 8.54. The molecular formula is C14H16Cl2O2. The highest BCUT2D eigenvalue weighted by atomic mass is 35.5. The van der Waals surface area contributed by atoms with Crippen LogP contribution in [-0.2, 0) is 0 Å². The van der Waals surface area contributed by atoms with Crippen LogP contribution in [0.5, 0.6) is 0 Å². The van der Waals surface area contributed by atoms with E-state index >= 15 is 0 Å². The standard InChI is InChI=1S/C12H10Cl2O.C2H6O/c1-2-3-10(15)6-4-9-5-7-11(13)12(14)8-9;1-2-3/h2,5,7-8,10,15H,1,3H2;3H,2H2,1H3. The van der Waals surface area contributed by atoms with Crippen LogP contribution in [0.2, 0.25) is 10.0 Å². The minimum Gasteiger partial charge on any atom is -0.397 e. The lowest BCUT2D eigenvalue weighted by Gasteiger charge is -1.97. The van der Waals surface area contributed by atoms with Gasteiger partial charge in [-0.1, -0.05) is 41.1 Å². The van der Waals surface area contributed by atoms with Gasteiger partial charge in [0.2, 0.25) is 0 Å². The SMILES string of the molecule is C=CCC(O)C#Cc1ccc(Cl)c(Cl)c1.CCO. The molecular weight excluding hydrogens is 271 g/mol. The third kappa shape index (κ3) is 7.37. The van der Waals surface area contributed by atoms with E-state index in [1.54, 1.807) is 31.2 Å². The summed E-state index contributed by atoms with van der Waals surface area (Å²) in [6.07, 6.45) is 1.39. The van der Waals surface area contributed by atoms with Gasteiger partial charge in [-0.05, 0) is 25.1 Å². The van der Waals surface area contributed by atoms with Crippen LogP contribution in [0.4, 0.5) is 0 Å². The van der Waals surface area contributed by atoms with E-state index in [4.69, 9.17) is 28.3 Å². The monoisotopic (exact) mass is 286 g/mol. The van der Waals surface area contributed by atoms with Gasteiger partial charge in [-0.15, -0.1) is 6.58 Å². The third-order valence-electron chi connectivity index (χ3n) is 1.69. The van der Waals surface area contributed by atoms with Crippen molar-refractivity contribution in [1.82, 2.24) is 0 Å². The lowest BCUT2D eigenvalue weighted by Crippen LogP contribution is -1.99. The van der Waals surface area contributed by atoms with Gasteiger partial charge in [0.15, 0.2) is 0 Å². The zero-order valence-corrected chi connectivity index (χ0v) is 11.7. The molecule has 0 spiro atoms. The fourth-order valence-corrected chi connectivity index (χ4v) is 1.26. The van der Waals surface area contributed by atoms with Crippen molar-refractivity contribution in [2.75, 3.05) is 6.61 Å². The van der Waals surface area contributed by atoms with Gasteiger partial charge in [0, 0.05) is 18.6 Å². The second-order valence-corrected chi connectivity index (χ2v) is 4.07. The number of hydrogen-bond acceptors (Lipinski definition) is 2. The van der Waals surface area contributed by atoms with Gasteiger partial charge in [0.05, 0.1) is 10.0 Å². The maximum Gasteiger partial charge on any atom is 0.118 e. The molecule has 0 radical (unpaired) electrons. The second-order valence-electron chi connectivity index (χ2n) is 3.25. The highest BCUT2D eigenvalue weighted by Gasteiger charge is 1.97. The Balaban J connectivity index is 0.000000873. The van der Waals surface area contributed by atoms with Crippen LogP contribution in [-0.4, -0.2) is 22.9 Å². The lowest BCUT2D eigenvalue weighted by molar-refractivity contribution is 0.236. The molecule has 1 rings (SSSR count). The number of aliphatic hydroxyl groups is 2. The molecule has 0 heterocycles. The molecule has 1 atom stereocenters. The molecule has 4 heteroatoms. The Hall–Kier alpha value is -0.980. The maximum absolute atomic E-state index is 9.33. The van der Waals surface area contributed by atoms with E-state index in [1.165, 1.54) is 0 Å². The molecule has 1 aromatic carbocycles. The van der Waals surface area contributed by atoms with E-state index in [-0.39, 0.29) is 6.61 Å². The second kappa shape index (κ2) is 9.99. The number of halogens is 2. The summed E-state index contributed by atoms with van der Waals surface area (Å²) in [4.78, 5) is 0. The fraction of sp³-hybridized carbons (Fsp3) is 0.286. The van der Waals surface area contributed by atoms with Gasteiger partial charge in [0.1, 0.15) is 6.10 Å². The molecule has 0 aliphatic heterocycles. The molecule has 98 valence electrons. The quantitative estimate of drug-likeness (QED) is 0.647. The predicted molar refractivity (Wildman–Crippen MR) is 76.9 cm³/mol. The zero-order valence-electron chi connectivity index (χ0n) is 10.2. The first kappa shape index (κ1) is 17.0. The smallest absolute Gasteiger partial charge is 0.118 e. The number of aliphatic hydroxyl groups excluding tert-OH is 2. The molecule has 2 N–H and O–H groups in total. The number of rotatable bonds is 2. The van der Waals surface area contributed by atoms with Crippen LogP contribution in [0.15, 0.2) is 30.9 Å². The minimum atomic E-state index is -0.683. The highest BCUT2D eigenvalue weighted by Crippen LogP contribution is 2.22. The Bertz CT molecular complexity index is 433. The summed E-state index contributed by atoms with van der Waals surface area (Å²) in [7, 11) is 0. The van der Waals surface area contributed by atoms with Gasteiger partial charge in [0.25, 0.3) is 0 Å². The van der Waals surface area contributed by atoms with E-state index in [2.05, 4.69) is 18.4 Å². The van der Waals surface area contributed by atoms with Gasteiger partial charge < -0.3 is 10.2 Å². The van der Waals surface area contributed by atoms with Crippen molar-refractivity contribution in [2.45, 2.75) is 19.4 Å². The zero-order chi connectivity index (χ0) is 14.0. The Morgan fingerprint density at radius 3 is 2.50 bits per heavy atom. The van der Waals surface area contributed by atoms with Crippen LogP contribution in [0.3, 0.4) is 0 Å². The average molecular weight is 287 g/mol. The van der Waals surface area contributed by atoms with Crippen molar-refractivity contribution in [1.29, 1.82) is 0 Å². The summed E-state index contributed by atoms with van der Waals surface area (Å²) in [5, 5.41) is 17.9. The first-order valence-corrected chi connectivity index (χ1v) is 6.17. The molecule has 1 aromatic rings. The number of benzene rings is 1. The van der Waals surface area contributed by atoms with Crippen LogP contribution in [0.1, 0.15) is 18.9 Å². The molecule has 0 saturated carbocycles. The van der Waals surface area contributed by atoms with E-state index in [0.717, 1.165) is 5.56 Å². The van der Waals surface area contributed by atoms with Gasteiger partial charge in [-0.2, -0.15) is 0 Å². The molecule has 2 nitrogen and oxygen atoms in total. The molecule has 0 amide bonds. The fourth-order valence-electron chi connectivity index (χ4n) is 0.957.